The Morgan fingerprint density at radius 3 is 2.67 bits per heavy atom. The number of hydrogen-bond donors (Lipinski definition) is 5. The van der Waals surface area contributed by atoms with Crippen molar-refractivity contribution in [1.29, 1.82) is 0 Å². The highest BCUT2D eigenvalue weighted by molar-refractivity contribution is 6.23. The molecule has 7 N–H and O–H groups in total. The van der Waals surface area contributed by atoms with Crippen molar-refractivity contribution in [3.63, 3.8) is 0 Å². The molecule has 0 spiro atoms. The first-order chi connectivity index (χ1) is 12.6. The number of primary amides is 1. The van der Waals surface area contributed by atoms with Crippen LogP contribution in [-0.2, 0) is 20.8 Å². The topological polar surface area (TPSA) is 177 Å². The lowest BCUT2D eigenvalue weighted by atomic mass is 9.56. The molecule has 1 fully saturated rings. The molecule has 27 heavy (non-hydrogen) atoms. The zero-order valence-electron chi connectivity index (χ0n) is 14.1. The number of ketones is 2. The number of nitrogens with zero attached hydrogens (tertiary/aromatic N) is 1. The van der Waals surface area contributed by atoms with Crippen LogP contribution in [0.2, 0.25) is 0 Å². The zero-order chi connectivity index (χ0) is 19.7. The Morgan fingerprint density at radius 2 is 2.00 bits per heavy atom. The van der Waals surface area contributed by atoms with E-state index in [1.807, 2.05) is 0 Å². The first kappa shape index (κ1) is 17.4. The Kier molecular flexibility index (Phi) is 3.37. The van der Waals surface area contributed by atoms with Crippen LogP contribution < -0.4 is 11.5 Å². The van der Waals surface area contributed by atoms with E-state index in [0.29, 0.717) is 11.3 Å². The van der Waals surface area contributed by atoms with Crippen LogP contribution in [0.25, 0.3) is 5.76 Å². The van der Waals surface area contributed by atoms with Crippen LogP contribution in [0.4, 0.5) is 0 Å². The molecule has 1 heterocycles. The van der Waals surface area contributed by atoms with E-state index in [9.17, 15) is 29.7 Å². The maximum absolute atomic E-state index is 13.2. The van der Waals surface area contributed by atoms with Gasteiger partial charge in [0.1, 0.15) is 11.3 Å². The zero-order valence-corrected chi connectivity index (χ0v) is 14.1. The van der Waals surface area contributed by atoms with Crippen LogP contribution in [0.3, 0.4) is 0 Å². The molecular weight excluding hydrogens is 354 g/mol. The highest BCUT2D eigenvalue weighted by atomic mass is 16.4. The van der Waals surface area contributed by atoms with Gasteiger partial charge in [0.25, 0.3) is 5.91 Å². The van der Waals surface area contributed by atoms with Crippen LogP contribution >= 0.6 is 0 Å². The number of rotatable bonds is 1. The van der Waals surface area contributed by atoms with Gasteiger partial charge in [-0.1, -0.05) is 0 Å². The number of aliphatic hydroxyl groups is 3. The molecule has 1 amide bonds. The van der Waals surface area contributed by atoms with Gasteiger partial charge in [0.15, 0.2) is 11.5 Å². The van der Waals surface area contributed by atoms with Crippen LogP contribution in [0.5, 0.6) is 0 Å². The molecule has 1 saturated carbocycles. The van der Waals surface area contributed by atoms with Gasteiger partial charge >= 0.3 is 0 Å². The van der Waals surface area contributed by atoms with Gasteiger partial charge in [-0.3, -0.25) is 19.4 Å². The van der Waals surface area contributed by atoms with Crippen molar-refractivity contribution in [3.8, 4) is 0 Å². The summed E-state index contributed by atoms with van der Waals surface area (Å²) in [6.07, 6.45) is 1.20. The van der Waals surface area contributed by atoms with Crippen molar-refractivity contribution in [2.45, 2.75) is 30.4 Å². The summed E-state index contributed by atoms with van der Waals surface area (Å²) in [5, 5.41) is 32.2. The molecule has 9 heteroatoms. The molecule has 0 aliphatic heterocycles. The van der Waals surface area contributed by atoms with E-state index in [1.165, 1.54) is 0 Å². The summed E-state index contributed by atoms with van der Waals surface area (Å²) in [5.41, 5.74) is 6.75. The highest BCUT2D eigenvalue weighted by Gasteiger charge is 2.67. The molecule has 0 unspecified atom stereocenters. The van der Waals surface area contributed by atoms with Gasteiger partial charge in [-0.25, -0.2) is 0 Å². The lowest BCUT2D eigenvalue weighted by Crippen LogP contribution is -2.73. The summed E-state index contributed by atoms with van der Waals surface area (Å²) in [5.74, 6) is -5.27. The molecule has 9 nitrogen and oxygen atoms in total. The number of aliphatic hydroxyl groups excluding tert-OH is 2. The Bertz CT molecular complexity index is 997. The second kappa shape index (κ2) is 5.24. The number of carbonyl (C=O) groups is 3. The fourth-order valence-corrected chi connectivity index (χ4v) is 4.45. The normalized spacial score (nSPS) is 32.7. The molecule has 0 aromatic carbocycles. The second-order valence-corrected chi connectivity index (χ2v) is 7.25. The third-order valence-electron chi connectivity index (χ3n) is 5.73. The molecular formula is C18H17N3O6. The predicted octanol–water partition coefficient (Wildman–Crippen LogP) is -0.805. The van der Waals surface area contributed by atoms with E-state index < -0.39 is 52.3 Å². The molecule has 3 aliphatic carbocycles. The number of Topliss-reactive ketones (excluding diaryl/α,β-unsaturated/α-hetero) is 2. The predicted molar refractivity (Wildman–Crippen MR) is 90.9 cm³/mol. The van der Waals surface area contributed by atoms with Gasteiger partial charge in [0.05, 0.1) is 11.2 Å². The average Bonchev–Trinajstić information content (AvgIpc) is 2.58. The second-order valence-electron chi connectivity index (χ2n) is 7.25. The summed E-state index contributed by atoms with van der Waals surface area (Å²) in [6, 6.07) is 3.17. The largest absolute Gasteiger partial charge is 0.508 e. The summed E-state index contributed by atoms with van der Waals surface area (Å²) in [4.78, 5) is 41.2. The summed E-state index contributed by atoms with van der Waals surface area (Å²) < 4.78 is 0. The molecule has 4 rings (SSSR count). The Labute approximate surface area is 153 Å². The van der Waals surface area contributed by atoms with E-state index >= 15 is 0 Å². The number of fused-ring (bicyclic) bond motifs is 3. The monoisotopic (exact) mass is 371 g/mol. The van der Waals surface area contributed by atoms with Crippen molar-refractivity contribution >= 4 is 23.2 Å². The molecule has 1 aromatic heterocycles. The van der Waals surface area contributed by atoms with Gasteiger partial charge in [0, 0.05) is 23.8 Å². The first-order valence-electron chi connectivity index (χ1n) is 8.32. The van der Waals surface area contributed by atoms with E-state index in [2.05, 4.69) is 4.98 Å². The minimum Gasteiger partial charge on any atom is -0.508 e. The van der Waals surface area contributed by atoms with Gasteiger partial charge in [-0.15, -0.1) is 0 Å². The summed E-state index contributed by atoms with van der Waals surface area (Å²) in [6.45, 7) is 0. The molecule has 0 radical (unpaired) electrons. The molecule has 1 aromatic rings. The van der Waals surface area contributed by atoms with Gasteiger partial charge in [0.2, 0.25) is 11.4 Å². The molecule has 3 aliphatic rings. The number of nitrogens with two attached hydrogens (primary N) is 2. The van der Waals surface area contributed by atoms with Crippen LogP contribution in [0.15, 0.2) is 35.2 Å². The number of pyridine rings is 1. The quantitative estimate of drug-likeness (QED) is 0.398. The van der Waals surface area contributed by atoms with Gasteiger partial charge in [-0.2, -0.15) is 0 Å². The van der Waals surface area contributed by atoms with Crippen LogP contribution in [0.1, 0.15) is 24.1 Å². The highest BCUT2D eigenvalue weighted by Crippen LogP contribution is 2.51. The summed E-state index contributed by atoms with van der Waals surface area (Å²) >= 11 is 0. The maximum Gasteiger partial charge on any atom is 0.255 e. The fraction of sp³-hybridized carbons (Fsp3) is 0.333. The van der Waals surface area contributed by atoms with Crippen molar-refractivity contribution in [1.82, 2.24) is 4.98 Å². The standard InChI is InChI=1S/C18H17N3O6/c19-16(26)12-10(22)6-17(20)5-7-4-9-8(2-1-3-21-9)13(23)11(7)14(24)18(17,27)15(12)25/h1-3,7,23,25,27H,4-6,20H2,(H2,19,26)/t7-,17+,18-/m0/s1. The first-order valence-corrected chi connectivity index (χ1v) is 8.32. The third kappa shape index (κ3) is 2.00. The number of amides is 1. The molecule has 0 saturated heterocycles. The lowest BCUT2D eigenvalue weighted by molar-refractivity contribution is -0.150. The average molecular weight is 371 g/mol. The van der Waals surface area contributed by atoms with Crippen molar-refractivity contribution in [2.75, 3.05) is 0 Å². The maximum atomic E-state index is 13.2. The summed E-state index contributed by atoms with van der Waals surface area (Å²) in [7, 11) is 0. The lowest BCUT2D eigenvalue weighted by Gasteiger charge is -2.52. The smallest absolute Gasteiger partial charge is 0.255 e. The van der Waals surface area contributed by atoms with Crippen molar-refractivity contribution in [3.05, 3.63) is 46.5 Å². The molecule has 3 atom stereocenters. The van der Waals surface area contributed by atoms with E-state index in [1.54, 1.807) is 18.3 Å². The van der Waals surface area contributed by atoms with Crippen molar-refractivity contribution in [2.24, 2.45) is 17.4 Å². The van der Waals surface area contributed by atoms with Crippen molar-refractivity contribution < 1.29 is 29.7 Å². The number of hydrogen-bond acceptors (Lipinski definition) is 8. The minimum absolute atomic E-state index is 0.0769. The van der Waals surface area contributed by atoms with Gasteiger partial charge in [-0.05, 0) is 30.9 Å². The third-order valence-corrected chi connectivity index (χ3v) is 5.73. The molecule has 0 bridgehead atoms. The Morgan fingerprint density at radius 1 is 1.30 bits per heavy atom. The Balaban J connectivity index is 1.97. The minimum atomic E-state index is -2.73. The van der Waals surface area contributed by atoms with Crippen LogP contribution in [0, 0.1) is 5.92 Å². The van der Waals surface area contributed by atoms with Gasteiger partial charge < -0.3 is 26.8 Å². The van der Waals surface area contributed by atoms with E-state index in [-0.39, 0.29) is 24.2 Å². The molecule has 140 valence electrons. The van der Waals surface area contributed by atoms with E-state index in [0.717, 1.165) is 0 Å². The van der Waals surface area contributed by atoms with Crippen LogP contribution in [-0.4, -0.2) is 48.9 Å². The number of carbonyl (C=O) groups excluding carboxylic acids is 3. The number of aromatic nitrogens is 1. The Hall–Kier alpha value is -3.04. The fourth-order valence-electron chi connectivity index (χ4n) is 4.45. The SMILES string of the molecule is NC(=O)C1=C(O)[C@@]2(O)C(=O)C3=C(O)c4cccnc4C[C@H]3C[C@@]2(N)CC1=O. The van der Waals surface area contributed by atoms with E-state index in [4.69, 9.17) is 11.5 Å².